The lowest BCUT2D eigenvalue weighted by Crippen LogP contribution is -2.35. The molecule has 130 valence electrons. The van der Waals surface area contributed by atoms with E-state index in [0.717, 1.165) is 37.3 Å². The van der Waals surface area contributed by atoms with E-state index < -0.39 is 0 Å². The van der Waals surface area contributed by atoms with E-state index in [1.165, 1.54) is 0 Å². The Balaban J connectivity index is 1.30. The molecule has 5 heterocycles. The lowest BCUT2D eigenvalue weighted by Gasteiger charge is -2.19. The number of hydrogen-bond donors (Lipinski definition) is 1. The molecule has 7 nitrogen and oxygen atoms in total. The van der Waals surface area contributed by atoms with Gasteiger partial charge in [-0.1, -0.05) is 6.07 Å². The molecule has 0 saturated carbocycles. The van der Waals surface area contributed by atoms with E-state index in [9.17, 15) is 4.79 Å². The molecule has 2 amide bonds. The summed E-state index contributed by atoms with van der Waals surface area (Å²) in [5.74, 6) is 1.71. The Kier molecular flexibility index (Phi) is 3.31. The largest absolute Gasteiger partial charge is 0.374 e. The second-order valence-corrected chi connectivity index (χ2v) is 7.21. The number of ether oxygens (including phenoxy) is 1. The molecule has 7 heteroatoms. The zero-order valence-electron chi connectivity index (χ0n) is 14.1. The van der Waals surface area contributed by atoms with Gasteiger partial charge < -0.3 is 9.64 Å². The van der Waals surface area contributed by atoms with E-state index >= 15 is 0 Å². The smallest absolute Gasteiger partial charge is 0.323 e. The van der Waals surface area contributed by atoms with E-state index in [1.54, 1.807) is 10.9 Å². The maximum atomic E-state index is 12.7. The number of nitrogens with zero attached hydrogens (tertiary/aromatic N) is 4. The minimum absolute atomic E-state index is 0.0515. The standard InChI is InChI=1S/C18H21N5O2/c1-22-17(8-14(21-22)13-4-2-3-7-19-13)20-18(24)23-9-11-12(10-23)16-6-5-15(11)25-16/h2-4,7-8,11-12,15-16H,5-6,9-10H2,1H3,(H,20,24)/t11-,12+,15+,16-. The molecule has 0 spiro atoms. The van der Waals surface area contributed by atoms with Gasteiger partial charge in [0.1, 0.15) is 11.5 Å². The minimum Gasteiger partial charge on any atom is -0.374 e. The minimum atomic E-state index is -0.0515. The number of rotatable bonds is 2. The molecule has 2 bridgehead atoms. The van der Waals surface area contributed by atoms with Crippen molar-refractivity contribution in [1.82, 2.24) is 19.7 Å². The highest BCUT2D eigenvalue weighted by Gasteiger charge is 2.53. The van der Waals surface area contributed by atoms with Gasteiger partial charge in [-0.25, -0.2) is 4.79 Å². The second kappa shape index (κ2) is 5.56. The van der Waals surface area contributed by atoms with Crippen LogP contribution in [-0.4, -0.2) is 51.0 Å². The molecule has 3 fully saturated rings. The molecule has 3 aliphatic heterocycles. The van der Waals surface area contributed by atoms with Gasteiger partial charge in [0.25, 0.3) is 0 Å². The number of hydrogen-bond acceptors (Lipinski definition) is 4. The first-order valence-corrected chi connectivity index (χ1v) is 8.86. The van der Waals surface area contributed by atoms with Gasteiger partial charge in [-0.15, -0.1) is 0 Å². The number of fused-ring (bicyclic) bond motifs is 5. The van der Waals surface area contributed by atoms with Crippen LogP contribution in [0.1, 0.15) is 12.8 Å². The van der Waals surface area contributed by atoms with Crippen molar-refractivity contribution in [2.45, 2.75) is 25.0 Å². The SMILES string of the molecule is Cn1nc(-c2ccccn2)cc1NC(=O)N1C[C@@H]2[C@H](C1)[C@H]1CC[C@@H]2O1. The summed E-state index contributed by atoms with van der Waals surface area (Å²) in [6.45, 7) is 1.59. The Morgan fingerprint density at radius 1 is 1.20 bits per heavy atom. The van der Waals surface area contributed by atoms with Gasteiger partial charge in [-0.05, 0) is 25.0 Å². The van der Waals surface area contributed by atoms with Crippen LogP contribution < -0.4 is 5.32 Å². The zero-order chi connectivity index (χ0) is 17.0. The van der Waals surface area contributed by atoms with Crippen LogP contribution in [0.25, 0.3) is 11.4 Å². The Labute approximate surface area is 146 Å². The van der Waals surface area contributed by atoms with Crippen LogP contribution in [0.2, 0.25) is 0 Å². The van der Waals surface area contributed by atoms with E-state index in [4.69, 9.17) is 4.74 Å². The molecule has 4 atom stereocenters. The summed E-state index contributed by atoms with van der Waals surface area (Å²) >= 11 is 0. The summed E-state index contributed by atoms with van der Waals surface area (Å²) in [5, 5.41) is 7.45. The predicted molar refractivity (Wildman–Crippen MR) is 91.9 cm³/mol. The summed E-state index contributed by atoms with van der Waals surface area (Å²) in [6.07, 6.45) is 4.76. The molecule has 3 aliphatic rings. The predicted octanol–water partition coefficient (Wildman–Crippen LogP) is 2.12. The van der Waals surface area contributed by atoms with Gasteiger partial charge in [0.2, 0.25) is 0 Å². The molecule has 2 aromatic heterocycles. The van der Waals surface area contributed by atoms with Gasteiger partial charge in [-0.3, -0.25) is 15.0 Å². The van der Waals surface area contributed by atoms with E-state index in [0.29, 0.717) is 29.9 Å². The number of carbonyl (C=O) groups is 1. The molecule has 0 radical (unpaired) electrons. The first-order valence-electron chi connectivity index (χ1n) is 8.86. The van der Waals surface area contributed by atoms with Crippen LogP contribution in [0.15, 0.2) is 30.5 Å². The number of anilines is 1. The first-order chi connectivity index (χ1) is 12.2. The van der Waals surface area contributed by atoms with Crippen molar-refractivity contribution in [2.75, 3.05) is 18.4 Å². The van der Waals surface area contributed by atoms with Gasteiger partial charge >= 0.3 is 6.03 Å². The highest BCUT2D eigenvalue weighted by molar-refractivity contribution is 5.89. The molecule has 1 N–H and O–H groups in total. The van der Waals surface area contributed by atoms with Crippen molar-refractivity contribution >= 4 is 11.8 Å². The van der Waals surface area contributed by atoms with Crippen LogP contribution in [-0.2, 0) is 11.8 Å². The molecular weight excluding hydrogens is 318 g/mol. The number of aromatic nitrogens is 3. The average molecular weight is 339 g/mol. The molecule has 2 aromatic rings. The quantitative estimate of drug-likeness (QED) is 0.910. The van der Waals surface area contributed by atoms with Crippen molar-refractivity contribution in [3.05, 3.63) is 30.5 Å². The zero-order valence-corrected chi connectivity index (χ0v) is 14.1. The Hall–Kier alpha value is -2.41. The lowest BCUT2D eigenvalue weighted by molar-refractivity contribution is 0.0746. The maximum Gasteiger partial charge on any atom is 0.323 e. The fraction of sp³-hybridized carbons (Fsp3) is 0.500. The summed E-state index contributed by atoms with van der Waals surface area (Å²) in [4.78, 5) is 18.9. The average Bonchev–Trinajstić information content (AvgIpc) is 3.37. The van der Waals surface area contributed by atoms with Crippen molar-refractivity contribution < 1.29 is 9.53 Å². The Morgan fingerprint density at radius 3 is 2.64 bits per heavy atom. The van der Waals surface area contributed by atoms with Crippen molar-refractivity contribution in [2.24, 2.45) is 18.9 Å². The van der Waals surface area contributed by atoms with Crippen molar-refractivity contribution in [3.63, 3.8) is 0 Å². The van der Waals surface area contributed by atoms with Crippen LogP contribution in [0.4, 0.5) is 10.6 Å². The fourth-order valence-electron chi connectivity index (χ4n) is 4.54. The summed E-state index contributed by atoms with van der Waals surface area (Å²) in [7, 11) is 1.83. The maximum absolute atomic E-state index is 12.7. The third kappa shape index (κ3) is 2.41. The highest BCUT2D eigenvalue weighted by Crippen LogP contribution is 2.47. The van der Waals surface area contributed by atoms with Gasteiger partial charge in [0.15, 0.2) is 0 Å². The Morgan fingerprint density at radius 2 is 1.96 bits per heavy atom. The molecule has 3 saturated heterocycles. The lowest BCUT2D eigenvalue weighted by atomic mass is 9.82. The molecule has 5 rings (SSSR count). The van der Waals surface area contributed by atoms with E-state index in [-0.39, 0.29) is 6.03 Å². The highest BCUT2D eigenvalue weighted by atomic mass is 16.5. The number of nitrogens with one attached hydrogen (secondary N) is 1. The molecule has 0 unspecified atom stereocenters. The summed E-state index contributed by atoms with van der Waals surface area (Å²) in [5.41, 5.74) is 1.55. The topological polar surface area (TPSA) is 72.3 Å². The van der Waals surface area contributed by atoms with Crippen LogP contribution in [0.3, 0.4) is 0 Å². The van der Waals surface area contributed by atoms with Gasteiger partial charge in [0, 0.05) is 44.2 Å². The van der Waals surface area contributed by atoms with E-state index in [2.05, 4.69) is 15.4 Å². The van der Waals surface area contributed by atoms with Crippen molar-refractivity contribution in [1.29, 1.82) is 0 Å². The number of likely N-dealkylation sites (tertiary alicyclic amines) is 1. The molecular formula is C18H21N5O2. The first kappa shape index (κ1) is 14.9. The Bertz CT molecular complexity index is 787. The van der Waals surface area contributed by atoms with E-state index in [1.807, 2.05) is 36.2 Å². The third-order valence-corrected chi connectivity index (χ3v) is 5.78. The molecule has 0 aliphatic carbocycles. The number of amides is 2. The summed E-state index contributed by atoms with van der Waals surface area (Å²) < 4.78 is 7.66. The van der Waals surface area contributed by atoms with Crippen LogP contribution >= 0.6 is 0 Å². The number of aryl methyl sites for hydroxylation is 1. The van der Waals surface area contributed by atoms with Gasteiger partial charge in [0.05, 0.1) is 17.9 Å². The molecule has 25 heavy (non-hydrogen) atoms. The fourth-order valence-corrected chi connectivity index (χ4v) is 4.54. The number of carbonyl (C=O) groups excluding carboxylic acids is 1. The third-order valence-electron chi connectivity index (χ3n) is 5.78. The van der Waals surface area contributed by atoms with Crippen LogP contribution in [0, 0.1) is 11.8 Å². The monoisotopic (exact) mass is 339 g/mol. The van der Waals surface area contributed by atoms with Crippen LogP contribution in [0.5, 0.6) is 0 Å². The normalized spacial score (nSPS) is 29.9. The number of pyridine rings is 1. The molecule has 0 aromatic carbocycles. The van der Waals surface area contributed by atoms with Gasteiger partial charge in [-0.2, -0.15) is 5.10 Å². The number of urea groups is 1. The summed E-state index contributed by atoms with van der Waals surface area (Å²) in [6, 6.07) is 7.52. The van der Waals surface area contributed by atoms with Crippen molar-refractivity contribution in [3.8, 4) is 11.4 Å². The second-order valence-electron chi connectivity index (χ2n) is 7.21.